The van der Waals surface area contributed by atoms with Crippen LogP contribution in [0, 0.1) is 17.6 Å². The number of fused-ring (bicyclic) bond motifs is 1. The molecule has 1 heterocycles. The molecule has 2 atom stereocenters. The zero-order valence-corrected chi connectivity index (χ0v) is 9.85. The summed E-state index contributed by atoms with van der Waals surface area (Å²) in [7, 11) is 0. The molecule has 1 aromatic carbocycles. The molecule has 0 bridgehead atoms. The van der Waals surface area contributed by atoms with Crippen molar-refractivity contribution < 1.29 is 8.78 Å². The van der Waals surface area contributed by atoms with Crippen molar-refractivity contribution in [3.63, 3.8) is 0 Å². The van der Waals surface area contributed by atoms with Crippen LogP contribution in [0.4, 0.5) is 8.78 Å². The molecule has 0 fully saturated rings. The molecule has 0 aromatic heterocycles. The zero-order valence-electron chi connectivity index (χ0n) is 9.85. The lowest BCUT2D eigenvalue weighted by atomic mass is 9.83. The summed E-state index contributed by atoms with van der Waals surface area (Å²) in [6.45, 7) is 6.79. The van der Waals surface area contributed by atoms with Gasteiger partial charge in [-0.3, -0.25) is 0 Å². The molecule has 1 aliphatic heterocycles. The van der Waals surface area contributed by atoms with E-state index in [1.165, 1.54) is 6.07 Å². The molecular weight excluding hydrogens is 208 g/mol. The highest BCUT2D eigenvalue weighted by molar-refractivity contribution is 5.37. The second-order valence-corrected chi connectivity index (χ2v) is 4.90. The maximum atomic E-state index is 13.8. The second kappa shape index (κ2) is 4.13. The van der Waals surface area contributed by atoms with Gasteiger partial charge >= 0.3 is 0 Å². The molecule has 0 aliphatic carbocycles. The molecule has 1 aliphatic rings. The van der Waals surface area contributed by atoms with Crippen LogP contribution in [0.25, 0.3) is 0 Å². The van der Waals surface area contributed by atoms with Crippen LogP contribution in [0.3, 0.4) is 0 Å². The summed E-state index contributed by atoms with van der Waals surface area (Å²) in [5.74, 6) is -1.01. The minimum atomic E-state index is -0.741. The van der Waals surface area contributed by atoms with Gasteiger partial charge in [0.15, 0.2) is 11.6 Å². The molecule has 1 aromatic rings. The SMILES string of the molecule is CC1CNC(C(C)C)c2ccc(F)c(F)c21. The molecule has 2 unspecified atom stereocenters. The minimum absolute atomic E-state index is 0.0284. The largest absolute Gasteiger partial charge is 0.309 e. The lowest BCUT2D eigenvalue weighted by molar-refractivity contribution is 0.363. The maximum Gasteiger partial charge on any atom is 0.162 e. The van der Waals surface area contributed by atoms with Crippen molar-refractivity contribution in [2.45, 2.75) is 32.7 Å². The van der Waals surface area contributed by atoms with Crippen LogP contribution < -0.4 is 5.32 Å². The standard InChI is InChI=1S/C13H17F2N/c1-7(2)13-9-4-5-10(14)12(15)11(9)8(3)6-16-13/h4-5,7-8,13,16H,6H2,1-3H3. The normalized spacial score (nSPS) is 24.6. The Balaban J connectivity index is 2.56. The quantitative estimate of drug-likeness (QED) is 0.772. The molecule has 0 spiro atoms. The maximum absolute atomic E-state index is 13.8. The van der Waals surface area contributed by atoms with Gasteiger partial charge in [0.05, 0.1) is 0 Å². The molecule has 1 N–H and O–H groups in total. The highest BCUT2D eigenvalue weighted by Crippen LogP contribution is 2.36. The summed E-state index contributed by atoms with van der Waals surface area (Å²) in [5.41, 5.74) is 1.46. The van der Waals surface area contributed by atoms with E-state index in [1.807, 2.05) is 6.92 Å². The molecule has 0 saturated carbocycles. The van der Waals surface area contributed by atoms with Crippen LogP contribution >= 0.6 is 0 Å². The van der Waals surface area contributed by atoms with Gasteiger partial charge in [-0.25, -0.2) is 8.78 Å². The molecule has 0 radical (unpaired) electrons. The first-order chi connectivity index (χ1) is 7.52. The van der Waals surface area contributed by atoms with Crippen molar-refractivity contribution in [2.75, 3.05) is 6.54 Å². The highest BCUT2D eigenvalue weighted by atomic mass is 19.2. The Morgan fingerprint density at radius 3 is 2.62 bits per heavy atom. The first-order valence-electron chi connectivity index (χ1n) is 5.73. The molecular formula is C13H17F2N. The Morgan fingerprint density at radius 1 is 1.31 bits per heavy atom. The van der Waals surface area contributed by atoms with Crippen molar-refractivity contribution in [2.24, 2.45) is 5.92 Å². The molecule has 16 heavy (non-hydrogen) atoms. The van der Waals surface area contributed by atoms with Gasteiger partial charge in [0.1, 0.15) is 0 Å². The molecule has 2 rings (SSSR count). The van der Waals surface area contributed by atoms with E-state index in [1.54, 1.807) is 6.07 Å². The van der Waals surface area contributed by atoms with Gasteiger partial charge in [0.2, 0.25) is 0 Å². The third-order valence-electron chi connectivity index (χ3n) is 3.30. The van der Waals surface area contributed by atoms with Crippen molar-refractivity contribution >= 4 is 0 Å². The van der Waals surface area contributed by atoms with Gasteiger partial charge in [-0.05, 0) is 29.0 Å². The van der Waals surface area contributed by atoms with Gasteiger partial charge in [-0.2, -0.15) is 0 Å². The number of hydrogen-bond donors (Lipinski definition) is 1. The van der Waals surface area contributed by atoms with E-state index in [-0.39, 0.29) is 12.0 Å². The molecule has 3 heteroatoms. The zero-order chi connectivity index (χ0) is 11.9. The van der Waals surface area contributed by atoms with E-state index >= 15 is 0 Å². The van der Waals surface area contributed by atoms with E-state index in [2.05, 4.69) is 19.2 Å². The summed E-state index contributed by atoms with van der Waals surface area (Å²) < 4.78 is 27.0. The van der Waals surface area contributed by atoms with E-state index in [0.29, 0.717) is 18.0 Å². The van der Waals surface area contributed by atoms with E-state index in [0.717, 1.165) is 5.56 Å². The van der Waals surface area contributed by atoms with Crippen LogP contribution in [-0.2, 0) is 0 Å². The van der Waals surface area contributed by atoms with Crippen LogP contribution in [0.2, 0.25) is 0 Å². The average molecular weight is 225 g/mol. The topological polar surface area (TPSA) is 12.0 Å². The fraction of sp³-hybridized carbons (Fsp3) is 0.538. The Morgan fingerprint density at radius 2 is 2.00 bits per heavy atom. The number of hydrogen-bond acceptors (Lipinski definition) is 1. The Kier molecular flexibility index (Phi) is 2.98. The van der Waals surface area contributed by atoms with Crippen LogP contribution in [0.1, 0.15) is 43.9 Å². The van der Waals surface area contributed by atoms with Crippen LogP contribution in [0.5, 0.6) is 0 Å². The van der Waals surface area contributed by atoms with E-state index in [9.17, 15) is 8.78 Å². The second-order valence-electron chi connectivity index (χ2n) is 4.90. The summed E-state index contributed by atoms with van der Waals surface area (Å²) in [5, 5.41) is 3.38. The monoisotopic (exact) mass is 225 g/mol. The highest BCUT2D eigenvalue weighted by Gasteiger charge is 2.29. The third kappa shape index (κ3) is 1.73. The smallest absolute Gasteiger partial charge is 0.162 e. The fourth-order valence-electron chi connectivity index (χ4n) is 2.46. The number of benzene rings is 1. The first-order valence-corrected chi connectivity index (χ1v) is 5.73. The Labute approximate surface area is 94.9 Å². The van der Waals surface area contributed by atoms with Crippen LogP contribution in [0.15, 0.2) is 12.1 Å². The Hall–Kier alpha value is -0.960. The summed E-state index contributed by atoms with van der Waals surface area (Å²) in [6.07, 6.45) is 0. The Bertz CT molecular complexity index is 401. The van der Waals surface area contributed by atoms with E-state index < -0.39 is 11.6 Å². The average Bonchev–Trinajstić information content (AvgIpc) is 2.23. The summed E-state index contributed by atoms with van der Waals surface area (Å²) in [4.78, 5) is 0. The summed E-state index contributed by atoms with van der Waals surface area (Å²) in [6, 6.07) is 3.06. The minimum Gasteiger partial charge on any atom is -0.309 e. The molecule has 1 nitrogen and oxygen atoms in total. The number of halogens is 2. The predicted octanol–water partition coefficient (Wildman–Crippen LogP) is 3.37. The van der Waals surface area contributed by atoms with E-state index in [4.69, 9.17) is 0 Å². The predicted molar refractivity (Wildman–Crippen MR) is 60.4 cm³/mol. The lowest BCUT2D eigenvalue weighted by Crippen LogP contribution is -2.35. The van der Waals surface area contributed by atoms with Gasteiger partial charge in [-0.1, -0.05) is 26.8 Å². The number of rotatable bonds is 1. The number of nitrogens with one attached hydrogen (secondary N) is 1. The van der Waals surface area contributed by atoms with Gasteiger partial charge in [-0.15, -0.1) is 0 Å². The van der Waals surface area contributed by atoms with Gasteiger partial charge in [0.25, 0.3) is 0 Å². The lowest BCUT2D eigenvalue weighted by Gasteiger charge is -2.33. The summed E-state index contributed by atoms with van der Waals surface area (Å²) >= 11 is 0. The van der Waals surface area contributed by atoms with Crippen molar-refractivity contribution in [1.82, 2.24) is 5.32 Å². The molecule has 0 amide bonds. The fourth-order valence-corrected chi connectivity index (χ4v) is 2.46. The van der Waals surface area contributed by atoms with Crippen molar-refractivity contribution in [1.29, 1.82) is 0 Å². The van der Waals surface area contributed by atoms with Crippen molar-refractivity contribution in [3.8, 4) is 0 Å². The molecule has 0 saturated heterocycles. The van der Waals surface area contributed by atoms with Gasteiger partial charge < -0.3 is 5.32 Å². The van der Waals surface area contributed by atoms with Crippen molar-refractivity contribution in [3.05, 3.63) is 34.9 Å². The van der Waals surface area contributed by atoms with Crippen LogP contribution in [-0.4, -0.2) is 6.54 Å². The molecule has 88 valence electrons. The first kappa shape index (κ1) is 11.5. The third-order valence-corrected chi connectivity index (χ3v) is 3.30. The van der Waals surface area contributed by atoms with Gasteiger partial charge in [0, 0.05) is 12.6 Å².